The molecule has 2 fully saturated rings. The lowest BCUT2D eigenvalue weighted by molar-refractivity contribution is -0.687. The van der Waals surface area contributed by atoms with Crippen molar-refractivity contribution in [1.29, 1.82) is 0 Å². The fourth-order valence-corrected chi connectivity index (χ4v) is 5.87. The van der Waals surface area contributed by atoms with Gasteiger partial charge in [0.1, 0.15) is 6.10 Å². The topological polar surface area (TPSA) is 42.5 Å². The summed E-state index contributed by atoms with van der Waals surface area (Å²) >= 11 is 0. The maximum Gasteiger partial charge on any atom is 0.110 e. The summed E-state index contributed by atoms with van der Waals surface area (Å²) in [6.45, 7) is 11.7. The van der Waals surface area contributed by atoms with Crippen molar-refractivity contribution in [3.05, 3.63) is 25.7 Å². The van der Waals surface area contributed by atoms with Gasteiger partial charge in [-0.1, -0.05) is 11.6 Å². The Labute approximate surface area is 155 Å². The van der Waals surface area contributed by atoms with Crippen LogP contribution in [0.2, 0.25) is 0 Å². The molecule has 0 unspecified atom stereocenters. The summed E-state index contributed by atoms with van der Waals surface area (Å²) < 4.78 is 6.80. The van der Waals surface area contributed by atoms with E-state index in [1.54, 1.807) is 5.57 Å². The maximum atomic E-state index is 6.80. The van der Waals surface area contributed by atoms with Crippen molar-refractivity contribution in [2.24, 2.45) is 17.8 Å². The maximum absolute atomic E-state index is 6.80. The molecule has 3 rings (SSSR count). The van der Waals surface area contributed by atoms with Gasteiger partial charge in [0, 0.05) is 12.3 Å². The summed E-state index contributed by atoms with van der Waals surface area (Å²) in [6.07, 6.45) is 10.3. The Balaban J connectivity index is 1.86. The van der Waals surface area contributed by atoms with Crippen molar-refractivity contribution in [2.75, 3.05) is 0 Å². The molecule has 0 radical (unpaired) electrons. The van der Waals surface area contributed by atoms with Crippen molar-refractivity contribution in [1.82, 2.24) is 0 Å². The summed E-state index contributed by atoms with van der Waals surface area (Å²) in [4.78, 5) is 0. The lowest BCUT2D eigenvalue weighted by Gasteiger charge is -2.53. The minimum atomic E-state index is 0.00445. The Hall–Kier alpha value is -0.380. The third-order valence-electron chi connectivity index (χ3n) is 8.02. The first-order valence-corrected chi connectivity index (χ1v) is 10.3. The molecule has 6 atom stereocenters. The van der Waals surface area contributed by atoms with Crippen LogP contribution < -0.4 is 10.6 Å². The molecule has 3 heteroatoms. The predicted octanol–water partition coefficient (Wildman–Crippen LogP) is 2.55. The number of rotatable bonds is 4. The van der Waals surface area contributed by atoms with Crippen LogP contribution in [-0.4, -0.2) is 22.8 Å². The molecule has 0 spiro atoms. The lowest BCUT2D eigenvalue weighted by atomic mass is 9.56. The van der Waals surface area contributed by atoms with Crippen LogP contribution in [0.1, 0.15) is 73.1 Å². The smallest absolute Gasteiger partial charge is 0.110 e. The normalized spacial score (nSPS) is 45.2. The highest BCUT2D eigenvalue weighted by Gasteiger charge is 2.56. The zero-order valence-electron chi connectivity index (χ0n) is 17.1. The zero-order chi connectivity index (χ0) is 18.5. The van der Waals surface area contributed by atoms with E-state index in [0.717, 1.165) is 12.3 Å². The number of nitrogens with two attached hydrogens (primary N) is 2. The van der Waals surface area contributed by atoms with Crippen LogP contribution in [0.5, 0.6) is 0 Å². The van der Waals surface area contributed by atoms with E-state index in [1.165, 1.54) is 32.1 Å². The first-order valence-electron chi connectivity index (χ1n) is 10.3. The number of fused-ring (bicyclic) bond motifs is 1. The standard InChI is InChI=1S/C22H40N2O/c1-15-8-9-17-16(14-15)18(10-12-21(17,4)24-7)22(5)13-11-19(25-22)20(2,3)23-6/h14,16-19H,6-13,23-24H2,1-5H3/t16-,17-,18-,19-,21+,22+/m0/s1. The number of allylic oxidation sites excluding steroid dienone is 2. The molecule has 0 amide bonds. The molecule has 0 bridgehead atoms. The van der Waals surface area contributed by atoms with Gasteiger partial charge in [-0.25, -0.2) is 0 Å². The summed E-state index contributed by atoms with van der Waals surface area (Å²) in [5.41, 5.74) is 1.92. The van der Waals surface area contributed by atoms with E-state index in [0.29, 0.717) is 17.9 Å². The van der Waals surface area contributed by atoms with Crippen molar-refractivity contribution >= 4 is 0 Å². The molecule has 25 heavy (non-hydrogen) atoms. The molecule has 3 nitrogen and oxygen atoms in total. The largest absolute Gasteiger partial charge is 0.474 e. The average Bonchev–Trinajstić information content (AvgIpc) is 2.99. The minimum absolute atomic E-state index is 0.00445. The molecule has 0 aromatic rings. The first kappa shape index (κ1) is 19.4. The quantitative estimate of drug-likeness (QED) is 0.595. The number of quaternary nitrogens is 2. The van der Waals surface area contributed by atoms with Crippen molar-refractivity contribution in [2.45, 2.75) is 95.9 Å². The van der Waals surface area contributed by atoms with Crippen molar-refractivity contribution in [3.8, 4) is 0 Å². The van der Waals surface area contributed by atoms with Gasteiger partial charge in [0.2, 0.25) is 0 Å². The zero-order valence-corrected chi connectivity index (χ0v) is 17.1. The Morgan fingerprint density at radius 3 is 2.48 bits per heavy atom. The van der Waals surface area contributed by atoms with Crippen LogP contribution in [0.25, 0.3) is 0 Å². The van der Waals surface area contributed by atoms with Crippen LogP contribution in [0, 0.1) is 31.8 Å². The summed E-state index contributed by atoms with van der Waals surface area (Å²) in [6, 6.07) is 0. The predicted molar refractivity (Wildman–Crippen MR) is 102 cm³/mol. The van der Waals surface area contributed by atoms with Crippen LogP contribution >= 0.6 is 0 Å². The second-order valence-electron chi connectivity index (χ2n) is 10.1. The highest BCUT2D eigenvalue weighted by atomic mass is 16.5. The molecule has 4 N–H and O–H groups in total. The number of hydrogen-bond donors (Lipinski definition) is 2. The first-order chi connectivity index (χ1) is 11.6. The van der Waals surface area contributed by atoms with Gasteiger partial charge in [0.15, 0.2) is 0 Å². The molecule has 3 aliphatic rings. The molecule has 1 heterocycles. The SMILES string of the molecule is [CH2-][NH2+]C(C)(C)[C@@H]1CC[C@](C)([C@H]2CC[C@@](C)([NH2+][CH2-])[C@H]3CCC(C)=C[C@@H]32)O1. The third kappa shape index (κ3) is 3.33. The summed E-state index contributed by atoms with van der Waals surface area (Å²) in [5.74, 6) is 1.99. The van der Waals surface area contributed by atoms with E-state index in [2.05, 4.69) is 65.4 Å². The highest BCUT2D eigenvalue weighted by Crippen LogP contribution is 2.53. The molecule has 0 aromatic heterocycles. The fraction of sp³-hybridized carbons (Fsp3) is 0.818. The Kier molecular flexibility index (Phi) is 5.16. The van der Waals surface area contributed by atoms with E-state index in [-0.39, 0.29) is 16.7 Å². The second kappa shape index (κ2) is 6.65. The van der Waals surface area contributed by atoms with E-state index in [9.17, 15) is 0 Å². The van der Waals surface area contributed by atoms with E-state index in [1.807, 2.05) is 0 Å². The Morgan fingerprint density at radius 1 is 1.12 bits per heavy atom. The van der Waals surface area contributed by atoms with Gasteiger partial charge in [-0.15, -0.1) is 0 Å². The van der Waals surface area contributed by atoms with Crippen LogP contribution in [0.3, 0.4) is 0 Å². The van der Waals surface area contributed by atoms with E-state index >= 15 is 0 Å². The van der Waals surface area contributed by atoms with E-state index in [4.69, 9.17) is 4.74 Å². The second-order valence-corrected chi connectivity index (χ2v) is 10.1. The summed E-state index contributed by atoms with van der Waals surface area (Å²) in [5, 5.41) is 4.32. The molecule has 1 saturated heterocycles. The van der Waals surface area contributed by atoms with Crippen molar-refractivity contribution < 1.29 is 15.4 Å². The molecular weight excluding hydrogens is 308 g/mol. The molecule has 1 aliphatic heterocycles. The van der Waals surface area contributed by atoms with Gasteiger partial charge in [-0.3, -0.25) is 0 Å². The molecule has 0 aromatic carbocycles. The van der Waals surface area contributed by atoms with Gasteiger partial charge in [-0.05, 0) is 78.6 Å². The molecule has 144 valence electrons. The fourth-order valence-electron chi connectivity index (χ4n) is 5.87. The van der Waals surface area contributed by atoms with E-state index < -0.39 is 0 Å². The monoisotopic (exact) mass is 348 g/mol. The number of hydrogen-bond acceptors (Lipinski definition) is 1. The van der Waals surface area contributed by atoms with Crippen LogP contribution in [-0.2, 0) is 4.74 Å². The summed E-state index contributed by atoms with van der Waals surface area (Å²) in [7, 11) is 8.24. The van der Waals surface area contributed by atoms with Gasteiger partial charge in [0.25, 0.3) is 0 Å². The van der Waals surface area contributed by atoms with Crippen LogP contribution in [0.15, 0.2) is 11.6 Å². The third-order valence-corrected chi connectivity index (χ3v) is 8.02. The number of ether oxygens (including phenoxy) is 1. The van der Waals surface area contributed by atoms with Crippen molar-refractivity contribution in [3.63, 3.8) is 0 Å². The molecule has 1 saturated carbocycles. The highest BCUT2D eigenvalue weighted by molar-refractivity contribution is 5.16. The average molecular weight is 349 g/mol. The van der Waals surface area contributed by atoms with Gasteiger partial charge in [-0.2, -0.15) is 14.1 Å². The van der Waals surface area contributed by atoms with Gasteiger partial charge in [0.05, 0.1) is 16.7 Å². The van der Waals surface area contributed by atoms with Gasteiger partial charge >= 0.3 is 0 Å². The Morgan fingerprint density at radius 2 is 1.84 bits per heavy atom. The Bertz CT molecular complexity index is 528. The lowest BCUT2D eigenvalue weighted by Crippen LogP contribution is -2.94. The molecular formula is C22H40N2O. The van der Waals surface area contributed by atoms with Gasteiger partial charge < -0.3 is 15.4 Å². The molecule has 2 aliphatic carbocycles. The van der Waals surface area contributed by atoms with Crippen LogP contribution in [0.4, 0.5) is 0 Å². The minimum Gasteiger partial charge on any atom is -0.474 e.